The van der Waals surface area contributed by atoms with Gasteiger partial charge < -0.3 is 5.32 Å². The number of hydrogen-bond donors (Lipinski definition) is 1. The summed E-state index contributed by atoms with van der Waals surface area (Å²) >= 11 is 5.08. The van der Waals surface area contributed by atoms with Gasteiger partial charge in [-0.2, -0.15) is 0 Å². The number of halogens is 1. The van der Waals surface area contributed by atoms with E-state index in [2.05, 4.69) is 56.3 Å². The molecule has 0 radical (unpaired) electrons. The first-order chi connectivity index (χ1) is 9.24. The van der Waals surface area contributed by atoms with Gasteiger partial charge in [0.25, 0.3) is 0 Å². The van der Waals surface area contributed by atoms with E-state index in [4.69, 9.17) is 0 Å². The van der Waals surface area contributed by atoms with Gasteiger partial charge in [0.05, 0.1) is 5.39 Å². The summed E-state index contributed by atoms with van der Waals surface area (Å²) in [5, 5.41) is 6.56. The summed E-state index contributed by atoms with van der Waals surface area (Å²) in [5.74, 6) is 0.890. The van der Waals surface area contributed by atoms with E-state index in [-0.39, 0.29) is 6.04 Å². The van der Waals surface area contributed by atoms with E-state index < -0.39 is 0 Å². The largest absolute Gasteiger partial charge is 0.363 e. The highest BCUT2D eigenvalue weighted by molar-refractivity contribution is 9.10. The van der Waals surface area contributed by atoms with Crippen molar-refractivity contribution in [3.05, 3.63) is 52.1 Å². The maximum atomic E-state index is 4.34. The molecule has 0 aliphatic carbocycles. The Hall–Kier alpha value is -1.46. The van der Waals surface area contributed by atoms with E-state index in [1.807, 2.05) is 17.5 Å². The fraction of sp³-hybridized carbons (Fsp3) is 0.143. The van der Waals surface area contributed by atoms with E-state index in [0.29, 0.717) is 0 Å². The van der Waals surface area contributed by atoms with Crippen molar-refractivity contribution in [2.24, 2.45) is 0 Å². The second-order valence-electron chi connectivity index (χ2n) is 4.28. The van der Waals surface area contributed by atoms with E-state index in [9.17, 15) is 0 Å². The van der Waals surface area contributed by atoms with Crippen LogP contribution in [0.5, 0.6) is 0 Å². The third-order valence-corrected chi connectivity index (χ3v) is 4.33. The molecule has 1 unspecified atom stereocenters. The van der Waals surface area contributed by atoms with Gasteiger partial charge in [-0.1, -0.05) is 28.1 Å². The summed E-state index contributed by atoms with van der Waals surface area (Å²) in [4.78, 5) is 9.61. The molecule has 3 nitrogen and oxygen atoms in total. The van der Waals surface area contributed by atoms with Crippen LogP contribution in [-0.2, 0) is 0 Å². The predicted molar refractivity (Wildman–Crippen MR) is 83.6 cm³/mol. The van der Waals surface area contributed by atoms with Gasteiger partial charge in [-0.05, 0) is 36.1 Å². The Kier molecular flexibility index (Phi) is 3.48. The number of thiophene rings is 1. The second-order valence-corrected chi connectivity index (χ2v) is 6.09. The van der Waals surface area contributed by atoms with Gasteiger partial charge in [0.1, 0.15) is 17.0 Å². The first-order valence-corrected chi connectivity index (χ1v) is 7.61. The molecule has 0 amide bonds. The highest BCUT2D eigenvalue weighted by Gasteiger charge is 2.09. The van der Waals surface area contributed by atoms with Crippen molar-refractivity contribution < 1.29 is 0 Å². The fourth-order valence-electron chi connectivity index (χ4n) is 1.94. The minimum atomic E-state index is 0.200. The molecule has 19 heavy (non-hydrogen) atoms. The molecule has 0 fully saturated rings. The van der Waals surface area contributed by atoms with Crippen LogP contribution in [0.4, 0.5) is 5.82 Å². The quantitative estimate of drug-likeness (QED) is 0.759. The molecule has 0 saturated heterocycles. The molecule has 1 N–H and O–H groups in total. The molecule has 0 aliphatic rings. The monoisotopic (exact) mass is 333 g/mol. The zero-order valence-electron chi connectivity index (χ0n) is 10.3. The smallest absolute Gasteiger partial charge is 0.138 e. The van der Waals surface area contributed by atoms with Crippen LogP contribution >= 0.6 is 27.3 Å². The SMILES string of the molecule is CC(Nc1ncnc2sccc12)c1ccc(Br)cc1. The first kappa shape index (κ1) is 12.6. The Bertz CT molecular complexity index is 693. The summed E-state index contributed by atoms with van der Waals surface area (Å²) in [6, 6.07) is 10.6. The lowest BCUT2D eigenvalue weighted by atomic mass is 10.1. The van der Waals surface area contributed by atoms with E-state index in [1.54, 1.807) is 17.7 Å². The Balaban J connectivity index is 1.88. The van der Waals surface area contributed by atoms with Crippen LogP contribution in [0, 0.1) is 0 Å². The molecule has 2 aromatic heterocycles. The van der Waals surface area contributed by atoms with Crippen molar-refractivity contribution in [3.63, 3.8) is 0 Å². The third-order valence-electron chi connectivity index (χ3n) is 2.98. The summed E-state index contributed by atoms with van der Waals surface area (Å²) in [6.45, 7) is 2.13. The molecule has 0 bridgehead atoms. The maximum Gasteiger partial charge on any atom is 0.138 e. The number of nitrogens with one attached hydrogen (secondary N) is 1. The van der Waals surface area contributed by atoms with Crippen molar-refractivity contribution in [3.8, 4) is 0 Å². The van der Waals surface area contributed by atoms with Crippen LogP contribution in [0.15, 0.2) is 46.5 Å². The average Bonchev–Trinajstić information content (AvgIpc) is 2.89. The lowest BCUT2D eigenvalue weighted by Crippen LogP contribution is -2.08. The van der Waals surface area contributed by atoms with Crippen LogP contribution < -0.4 is 5.32 Å². The normalized spacial score (nSPS) is 12.5. The number of benzene rings is 1. The molecule has 96 valence electrons. The average molecular weight is 334 g/mol. The van der Waals surface area contributed by atoms with Crippen LogP contribution in [0.1, 0.15) is 18.5 Å². The number of hydrogen-bond acceptors (Lipinski definition) is 4. The molecule has 2 heterocycles. The molecule has 1 atom stereocenters. The molecule has 0 saturated carbocycles. The van der Waals surface area contributed by atoms with Crippen LogP contribution in [0.2, 0.25) is 0 Å². The minimum absolute atomic E-state index is 0.200. The van der Waals surface area contributed by atoms with E-state index in [1.165, 1.54) is 5.56 Å². The van der Waals surface area contributed by atoms with Gasteiger partial charge in [-0.25, -0.2) is 9.97 Å². The van der Waals surface area contributed by atoms with Gasteiger partial charge in [-0.3, -0.25) is 0 Å². The predicted octanol–water partition coefficient (Wildman–Crippen LogP) is 4.63. The third kappa shape index (κ3) is 2.62. The van der Waals surface area contributed by atoms with Crippen molar-refractivity contribution in [1.29, 1.82) is 0 Å². The Morgan fingerprint density at radius 2 is 1.95 bits per heavy atom. The van der Waals surface area contributed by atoms with Crippen LogP contribution in [0.25, 0.3) is 10.2 Å². The number of aromatic nitrogens is 2. The summed E-state index contributed by atoms with van der Waals surface area (Å²) < 4.78 is 1.09. The molecule has 1 aromatic carbocycles. The Labute approximate surface area is 123 Å². The molecular weight excluding hydrogens is 322 g/mol. The van der Waals surface area contributed by atoms with Crippen LogP contribution in [-0.4, -0.2) is 9.97 Å². The highest BCUT2D eigenvalue weighted by Crippen LogP contribution is 2.27. The second kappa shape index (κ2) is 5.27. The zero-order chi connectivity index (χ0) is 13.2. The molecular formula is C14H12BrN3S. The topological polar surface area (TPSA) is 37.8 Å². The van der Waals surface area contributed by atoms with Gasteiger partial charge in [0.2, 0.25) is 0 Å². The van der Waals surface area contributed by atoms with Gasteiger partial charge in [0, 0.05) is 10.5 Å². The molecule has 5 heteroatoms. The Morgan fingerprint density at radius 1 is 1.16 bits per heavy atom. The van der Waals surface area contributed by atoms with Crippen LogP contribution in [0.3, 0.4) is 0 Å². The lowest BCUT2D eigenvalue weighted by molar-refractivity contribution is 0.876. The van der Waals surface area contributed by atoms with E-state index >= 15 is 0 Å². The van der Waals surface area contributed by atoms with Gasteiger partial charge >= 0.3 is 0 Å². The number of fused-ring (bicyclic) bond motifs is 1. The lowest BCUT2D eigenvalue weighted by Gasteiger charge is -2.15. The van der Waals surface area contributed by atoms with Crippen molar-refractivity contribution in [2.45, 2.75) is 13.0 Å². The minimum Gasteiger partial charge on any atom is -0.363 e. The molecule has 3 rings (SSSR count). The van der Waals surface area contributed by atoms with Crippen molar-refractivity contribution >= 4 is 43.3 Å². The van der Waals surface area contributed by atoms with Crippen molar-refractivity contribution in [1.82, 2.24) is 9.97 Å². The standard InChI is InChI=1S/C14H12BrN3S/c1-9(10-2-4-11(15)5-3-10)18-13-12-6-7-19-14(12)17-8-16-13/h2-9H,1H3,(H,16,17,18). The highest BCUT2D eigenvalue weighted by atomic mass is 79.9. The molecule has 0 aliphatic heterocycles. The van der Waals surface area contributed by atoms with Crippen molar-refractivity contribution in [2.75, 3.05) is 5.32 Å². The number of nitrogens with zero attached hydrogens (tertiary/aromatic N) is 2. The van der Waals surface area contributed by atoms with Gasteiger partial charge in [0.15, 0.2) is 0 Å². The zero-order valence-corrected chi connectivity index (χ0v) is 12.7. The van der Waals surface area contributed by atoms with Gasteiger partial charge in [-0.15, -0.1) is 11.3 Å². The first-order valence-electron chi connectivity index (χ1n) is 5.94. The molecule has 3 aromatic rings. The summed E-state index contributed by atoms with van der Waals surface area (Å²) in [5.41, 5.74) is 1.23. The number of anilines is 1. The Morgan fingerprint density at radius 3 is 2.74 bits per heavy atom. The van der Waals surface area contributed by atoms with E-state index in [0.717, 1.165) is 20.5 Å². The summed E-state index contributed by atoms with van der Waals surface area (Å²) in [6.07, 6.45) is 1.61. The molecule has 0 spiro atoms. The maximum absolute atomic E-state index is 4.34. The number of rotatable bonds is 3. The fourth-order valence-corrected chi connectivity index (χ4v) is 2.94. The summed E-state index contributed by atoms with van der Waals surface area (Å²) in [7, 11) is 0.